The van der Waals surface area contributed by atoms with E-state index in [4.69, 9.17) is 21.9 Å². The summed E-state index contributed by atoms with van der Waals surface area (Å²) < 4.78 is 5.36. The van der Waals surface area contributed by atoms with Gasteiger partial charge in [-0.05, 0) is 94.2 Å². The van der Waals surface area contributed by atoms with Crippen LogP contribution < -0.4 is 16.4 Å². The van der Waals surface area contributed by atoms with Gasteiger partial charge in [0.25, 0.3) is 5.91 Å². The first-order valence-corrected chi connectivity index (χ1v) is 14.9. The zero-order valence-electron chi connectivity index (χ0n) is 23.1. The van der Waals surface area contributed by atoms with Crippen molar-refractivity contribution in [3.05, 3.63) is 70.4 Å². The summed E-state index contributed by atoms with van der Waals surface area (Å²) in [5.74, 6) is 1.60. The summed E-state index contributed by atoms with van der Waals surface area (Å²) in [5.41, 5.74) is 8.74. The molecule has 2 fully saturated rings. The summed E-state index contributed by atoms with van der Waals surface area (Å²) in [5, 5.41) is 10.8. The molecule has 5 rings (SSSR count). The lowest BCUT2D eigenvalue weighted by molar-refractivity contribution is -0.121. The minimum absolute atomic E-state index is 0.0238. The Morgan fingerprint density at radius 1 is 0.950 bits per heavy atom. The predicted octanol–water partition coefficient (Wildman–Crippen LogP) is 6.68. The van der Waals surface area contributed by atoms with Gasteiger partial charge in [-0.1, -0.05) is 53.2 Å². The molecule has 0 atom stereocenters. The highest BCUT2D eigenvalue weighted by molar-refractivity contribution is 6.33. The number of carbonyl (C=O) groups is 2. The smallest absolute Gasteiger partial charge is 0.261 e. The number of nitrogens with zero attached hydrogens (tertiary/aromatic N) is 1. The monoisotopic (exact) mass is 562 g/mol. The van der Waals surface area contributed by atoms with E-state index in [1.54, 1.807) is 19.1 Å². The minimum Gasteiger partial charge on any atom is -0.360 e. The maximum atomic E-state index is 13.4. The van der Waals surface area contributed by atoms with Gasteiger partial charge in [0.05, 0.1) is 11.4 Å². The second kappa shape index (κ2) is 13.0. The van der Waals surface area contributed by atoms with Gasteiger partial charge in [0.15, 0.2) is 0 Å². The molecule has 2 aliphatic carbocycles. The van der Waals surface area contributed by atoms with E-state index in [1.165, 1.54) is 44.9 Å². The van der Waals surface area contributed by atoms with E-state index in [2.05, 4.69) is 15.8 Å². The van der Waals surface area contributed by atoms with Gasteiger partial charge in [0.2, 0.25) is 5.91 Å². The molecule has 0 spiro atoms. The number of anilines is 1. The van der Waals surface area contributed by atoms with Crippen molar-refractivity contribution in [3.63, 3.8) is 0 Å². The molecule has 2 aliphatic rings. The van der Waals surface area contributed by atoms with E-state index in [1.807, 2.05) is 36.4 Å². The Balaban J connectivity index is 1.17. The summed E-state index contributed by atoms with van der Waals surface area (Å²) in [6, 6.07) is 15.2. The number of benzene rings is 2. The van der Waals surface area contributed by atoms with E-state index >= 15 is 0 Å². The van der Waals surface area contributed by atoms with Gasteiger partial charge in [-0.2, -0.15) is 0 Å². The fourth-order valence-corrected chi connectivity index (χ4v) is 6.57. The molecule has 1 aromatic heterocycles. The number of hydrogen-bond donors (Lipinski definition) is 3. The third kappa shape index (κ3) is 6.94. The van der Waals surface area contributed by atoms with Gasteiger partial charge in [-0.3, -0.25) is 9.59 Å². The lowest BCUT2D eigenvalue weighted by Gasteiger charge is -2.33. The maximum absolute atomic E-state index is 13.4. The lowest BCUT2D eigenvalue weighted by Crippen LogP contribution is -2.39. The summed E-state index contributed by atoms with van der Waals surface area (Å²) in [4.78, 5) is 26.4. The van der Waals surface area contributed by atoms with Crippen molar-refractivity contribution in [1.82, 2.24) is 10.5 Å². The Kier molecular flexibility index (Phi) is 9.22. The molecule has 40 heavy (non-hydrogen) atoms. The van der Waals surface area contributed by atoms with Crippen LogP contribution in [0.5, 0.6) is 0 Å². The summed E-state index contributed by atoms with van der Waals surface area (Å²) in [6.07, 6.45) is 10.8. The van der Waals surface area contributed by atoms with Crippen LogP contribution in [-0.4, -0.2) is 29.1 Å². The fourth-order valence-electron chi connectivity index (χ4n) is 6.35. The molecule has 2 amide bonds. The average Bonchev–Trinajstić information content (AvgIpc) is 3.33. The molecule has 1 heterocycles. The molecule has 2 saturated carbocycles. The Morgan fingerprint density at radius 3 is 2.33 bits per heavy atom. The zero-order valence-corrected chi connectivity index (χ0v) is 23.9. The van der Waals surface area contributed by atoms with Crippen molar-refractivity contribution in [1.29, 1.82) is 0 Å². The topological polar surface area (TPSA) is 110 Å². The van der Waals surface area contributed by atoms with Crippen LogP contribution in [0.25, 0.3) is 11.3 Å². The van der Waals surface area contributed by atoms with E-state index in [0.29, 0.717) is 39.3 Å². The highest BCUT2D eigenvalue weighted by Crippen LogP contribution is 2.35. The molecular formula is C32H39ClN4O3. The third-order valence-electron chi connectivity index (χ3n) is 8.61. The highest BCUT2D eigenvalue weighted by Gasteiger charge is 2.27. The number of aromatic nitrogens is 1. The van der Waals surface area contributed by atoms with E-state index in [-0.39, 0.29) is 24.3 Å². The first-order valence-electron chi connectivity index (χ1n) is 14.5. The zero-order chi connectivity index (χ0) is 28.1. The van der Waals surface area contributed by atoms with Crippen molar-refractivity contribution in [2.24, 2.45) is 17.6 Å². The Hall–Kier alpha value is -3.16. The molecule has 0 bridgehead atoms. The second-order valence-electron chi connectivity index (χ2n) is 11.5. The third-order valence-corrected chi connectivity index (χ3v) is 8.93. The second-order valence-corrected chi connectivity index (χ2v) is 11.9. The number of nitrogens with two attached hydrogens (primary N) is 1. The van der Waals surface area contributed by atoms with Gasteiger partial charge in [0, 0.05) is 23.3 Å². The summed E-state index contributed by atoms with van der Waals surface area (Å²) in [6.45, 7) is 1.70. The van der Waals surface area contributed by atoms with Crippen LogP contribution in [0.15, 0.2) is 53.1 Å². The highest BCUT2D eigenvalue weighted by atomic mass is 35.5. The van der Waals surface area contributed by atoms with Crippen LogP contribution in [0.3, 0.4) is 0 Å². The Morgan fingerprint density at radius 2 is 1.60 bits per heavy atom. The van der Waals surface area contributed by atoms with Crippen LogP contribution in [0.1, 0.15) is 79.5 Å². The molecule has 0 saturated heterocycles. The lowest BCUT2D eigenvalue weighted by atomic mass is 9.76. The molecule has 7 nitrogen and oxygen atoms in total. The number of para-hydroxylation sites is 1. The number of hydrogen-bond acceptors (Lipinski definition) is 5. The van der Waals surface area contributed by atoms with Crippen molar-refractivity contribution in [2.45, 2.75) is 83.2 Å². The van der Waals surface area contributed by atoms with Crippen LogP contribution >= 0.6 is 11.6 Å². The molecule has 0 aliphatic heterocycles. The van der Waals surface area contributed by atoms with Crippen LogP contribution in [0, 0.1) is 18.8 Å². The molecule has 212 valence electrons. The molecule has 0 radical (unpaired) electrons. The van der Waals surface area contributed by atoms with E-state index < -0.39 is 0 Å². The van der Waals surface area contributed by atoms with Gasteiger partial charge in [-0.25, -0.2) is 0 Å². The van der Waals surface area contributed by atoms with Gasteiger partial charge >= 0.3 is 0 Å². The maximum Gasteiger partial charge on any atom is 0.261 e. The summed E-state index contributed by atoms with van der Waals surface area (Å²) in [7, 11) is 0. The van der Waals surface area contributed by atoms with Crippen molar-refractivity contribution in [3.8, 4) is 11.3 Å². The predicted molar refractivity (Wildman–Crippen MR) is 158 cm³/mol. The number of carbonyl (C=O) groups excluding carboxylic acids is 2. The average molecular weight is 563 g/mol. The number of rotatable bonds is 8. The molecule has 2 aromatic carbocycles. The van der Waals surface area contributed by atoms with E-state index in [0.717, 1.165) is 30.2 Å². The molecule has 8 heteroatoms. The largest absolute Gasteiger partial charge is 0.360 e. The minimum atomic E-state index is -0.361. The van der Waals surface area contributed by atoms with Crippen LogP contribution in [0.2, 0.25) is 5.02 Å². The molecule has 0 unspecified atom stereocenters. The van der Waals surface area contributed by atoms with Crippen LogP contribution in [-0.2, 0) is 11.2 Å². The number of nitrogens with one attached hydrogen (secondary N) is 2. The van der Waals surface area contributed by atoms with Crippen molar-refractivity contribution in [2.75, 3.05) is 5.32 Å². The first-order chi connectivity index (χ1) is 19.4. The molecular weight excluding hydrogens is 524 g/mol. The fraction of sp³-hybridized carbons (Fsp3) is 0.469. The first kappa shape index (κ1) is 28.4. The van der Waals surface area contributed by atoms with Gasteiger partial charge in [-0.15, -0.1) is 0 Å². The van der Waals surface area contributed by atoms with Gasteiger partial charge in [0.1, 0.15) is 17.0 Å². The normalized spacial score (nSPS) is 23.0. The van der Waals surface area contributed by atoms with Crippen LogP contribution in [0.4, 0.5) is 5.69 Å². The van der Waals surface area contributed by atoms with Crippen molar-refractivity contribution >= 4 is 29.1 Å². The number of amides is 2. The Labute approximate surface area is 241 Å². The quantitative estimate of drug-likeness (QED) is 0.283. The van der Waals surface area contributed by atoms with Crippen molar-refractivity contribution < 1.29 is 14.1 Å². The van der Waals surface area contributed by atoms with E-state index in [9.17, 15) is 9.59 Å². The number of halogens is 1. The SMILES string of the molecule is Cc1onc(-c2ccccc2Cl)c1C(=O)Nc1ccccc1CC(=O)NC1CCC(CC2CCC(N)CC2)CC1. The molecule has 3 aromatic rings. The Bertz CT molecular complexity index is 1320. The number of aryl methyl sites for hydroxylation is 1. The summed E-state index contributed by atoms with van der Waals surface area (Å²) >= 11 is 6.36. The standard InChI is InChI=1S/C32H39ClN4O3/c1-20-30(31(37-40-20)26-7-3-4-8-27(26)33)32(39)36-28-9-5-2-6-23(28)19-29(38)35-25-16-12-22(13-17-25)18-21-10-14-24(34)15-11-21/h2-9,21-22,24-25H,10-19,34H2,1H3,(H,35,38)(H,36,39). The molecule has 4 N–H and O–H groups in total. The van der Waals surface area contributed by atoms with Gasteiger partial charge < -0.3 is 20.9 Å².